The molecule has 2 heterocycles. The predicted octanol–water partition coefficient (Wildman–Crippen LogP) is 3.10. The zero-order valence-corrected chi connectivity index (χ0v) is 12.0. The Morgan fingerprint density at radius 2 is 2.25 bits per heavy atom. The fourth-order valence-corrected chi connectivity index (χ4v) is 3.23. The highest BCUT2D eigenvalue weighted by Gasteiger charge is 2.31. The Balaban J connectivity index is 1.90. The zero-order valence-electron chi connectivity index (χ0n) is 11.2. The third kappa shape index (κ3) is 2.21. The number of rotatable bonds is 2. The van der Waals surface area contributed by atoms with E-state index < -0.39 is 0 Å². The lowest BCUT2D eigenvalue weighted by atomic mass is 10.1. The first-order valence-corrected chi connectivity index (χ1v) is 7.35. The maximum Gasteiger partial charge on any atom is 0.230 e. The number of carbonyl (C=O) groups is 1. The molecule has 0 saturated carbocycles. The number of amides is 1. The average molecular weight is 282 g/mol. The Kier molecular flexibility index (Phi) is 3.29. The summed E-state index contributed by atoms with van der Waals surface area (Å²) in [7, 11) is 0. The molecule has 1 atom stereocenters. The van der Waals surface area contributed by atoms with Gasteiger partial charge in [-0.15, -0.1) is 23.7 Å². The highest BCUT2D eigenvalue weighted by atomic mass is 32.1. The van der Waals surface area contributed by atoms with Gasteiger partial charge in [-0.1, -0.05) is 24.3 Å². The number of hydrogen-bond donors (Lipinski definition) is 0. The van der Waals surface area contributed by atoms with Crippen molar-refractivity contribution >= 4 is 22.4 Å². The van der Waals surface area contributed by atoms with E-state index in [9.17, 15) is 4.79 Å². The van der Waals surface area contributed by atoms with Crippen LogP contribution in [0.5, 0.6) is 0 Å². The summed E-state index contributed by atoms with van der Waals surface area (Å²) in [6.07, 6.45) is 5.83. The number of carbonyl (C=O) groups excluding carboxylic acids is 1. The second kappa shape index (κ2) is 5.10. The van der Waals surface area contributed by atoms with Crippen LogP contribution in [0.25, 0.3) is 11.3 Å². The maximum atomic E-state index is 12.0. The molecule has 1 aromatic carbocycles. The summed E-state index contributed by atoms with van der Waals surface area (Å²) in [6, 6.07) is 8.11. The molecule has 1 unspecified atom stereocenters. The van der Waals surface area contributed by atoms with Crippen LogP contribution in [0.4, 0.5) is 5.13 Å². The van der Waals surface area contributed by atoms with Gasteiger partial charge in [0.2, 0.25) is 5.91 Å². The Bertz CT molecular complexity index is 698. The van der Waals surface area contributed by atoms with Crippen molar-refractivity contribution in [1.29, 1.82) is 0 Å². The van der Waals surface area contributed by atoms with Gasteiger partial charge in [-0.05, 0) is 12.5 Å². The minimum absolute atomic E-state index is 0.00770. The van der Waals surface area contributed by atoms with Gasteiger partial charge >= 0.3 is 0 Å². The average Bonchev–Trinajstić information content (AvgIpc) is 3.05. The van der Waals surface area contributed by atoms with Gasteiger partial charge in [-0.2, -0.15) is 0 Å². The SMILES string of the molecule is C#CC1CC(=O)N(c2nc(-c3ccccc3C)cs2)C1. The second-order valence-electron chi connectivity index (χ2n) is 4.90. The third-order valence-electron chi connectivity index (χ3n) is 3.50. The van der Waals surface area contributed by atoms with Gasteiger partial charge in [0.25, 0.3) is 0 Å². The molecule has 3 rings (SSSR count). The fourth-order valence-electron chi connectivity index (χ4n) is 2.38. The van der Waals surface area contributed by atoms with Crippen LogP contribution in [0.1, 0.15) is 12.0 Å². The van der Waals surface area contributed by atoms with Gasteiger partial charge in [0.05, 0.1) is 5.69 Å². The van der Waals surface area contributed by atoms with Crippen molar-refractivity contribution in [3.63, 3.8) is 0 Å². The second-order valence-corrected chi connectivity index (χ2v) is 5.74. The first-order valence-electron chi connectivity index (χ1n) is 6.47. The van der Waals surface area contributed by atoms with Crippen molar-refractivity contribution in [1.82, 2.24) is 4.98 Å². The molecule has 1 amide bonds. The first kappa shape index (κ1) is 12.9. The normalized spacial score (nSPS) is 18.3. The molecule has 20 heavy (non-hydrogen) atoms. The summed E-state index contributed by atoms with van der Waals surface area (Å²) in [5.41, 5.74) is 3.20. The molecule has 1 fully saturated rings. The van der Waals surface area contributed by atoms with Crippen molar-refractivity contribution in [2.75, 3.05) is 11.4 Å². The number of aromatic nitrogens is 1. The molecule has 1 aromatic heterocycles. The smallest absolute Gasteiger partial charge is 0.230 e. The lowest BCUT2D eigenvalue weighted by molar-refractivity contribution is -0.117. The molecule has 0 bridgehead atoms. The number of hydrogen-bond acceptors (Lipinski definition) is 3. The molecule has 0 N–H and O–H groups in total. The van der Waals surface area contributed by atoms with Crippen LogP contribution in [-0.4, -0.2) is 17.4 Å². The Morgan fingerprint density at radius 1 is 1.45 bits per heavy atom. The van der Waals surface area contributed by atoms with E-state index in [4.69, 9.17) is 6.42 Å². The predicted molar refractivity (Wildman–Crippen MR) is 81.6 cm³/mol. The molecule has 1 aliphatic rings. The summed E-state index contributed by atoms with van der Waals surface area (Å²) >= 11 is 1.49. The molecule has 4 heteroatoms. The Hall–Kier alpha value is -2.12. The van der Waals surface area contributed by atoms with Gasteiger partial charge in [0, 0.05) is 29.8 Å². The van der Waals surface area contributed by atoms with Gasteiger partial charge < -0.3 is 0 Å². The molecule has 3 nitrogen and oxygen atoms in total. The van der Waals surface area contributed by atoms with Crippen molar-refractivity contribution in [3.8, 4) is 23.6 Å². The largest absolute Gasteiger partial charge is 0.287 e. The number of benzene rings is 1. The van der Waals surface area contributed by atoms with E-state index in [0.29, 0.717) is 13.0 Å². The van der Waals surface area contributed by atoms with E-state index in [1.165, 1.54) is 16.9 Å². The van der Waals surface area contributed by atoms with Crippen molar-refractivity contribution in [2.45, 2.75) is 13.3 Å². The summed E-state index contributed by atoms with van der Waals surface area (Å²) in [5, 5.41) is 2.74. The minimum atomic E-state index is 0.00770. The van der Waals surface area contributed by atoms with E-state index in [1.807, 2.05) is 23.6 Å². The summed E-state index contributed by atoms with van der Waals surface area (Å²) in [4.78, 5) is 18.3. The highest BCUT2D eigenvalue weighted by Crippen LogP contribution is 2.32. The van der Waals surface area contributed by atoms with Gasteiger partial charge in [0.15, 0.2) is 5.13 Å². The number of aryl methyl sites for hydroxylation is 1. The highest BCUT2D eigenvalue weighted by molar-refractivity contribution is 7.14. The standard InChI is InChI=1S/C16H14N2OS/c1-3-12-8-15(19)18(9-12)16-17-14(10-20-16)13-7-5-4-6-11(13)2/h1,4-7,10,12H,8-9H2,2H3. The van der Waals surface area contributed by atoms with Crippen LogP contribution < -0.4 is 4.90 Å². The van der Waals surface area contributed by atoms with E-state index >= 15 is 0 Å². The quantitative estimate of drug-likeness (QED) is 0.793. The Morgan fingerprint density at radius 3 is 2.95 bits per heavy atom. The molecule has 1 saturated heterocycles. The van der Waals surface area contributed by atoms with Crippen molar-refractivity contribution in [3.05, 3.63) is 35.2 Å². The Labute approximate surface area is 122 Å². The van der Waals surface area contributed by atoms with Crippen LogP contribution in [0, 0.1) is 25.2 Å². The number of terminal acetylenes is 1. The molecule has 2 aromatic rings. The van der Waals surface area contributed by atoms with E-state index in [-0.39, 0.29) is 11.8 Å². The molecule has 0 radical (unpaired) electrons. The van der Waals surface area contributed by atoms with E-state index in [2.05, 4.69) is 23.9 Å². The lowest BCUT2D eigenvalue weighted by Crippen LogP contribution is -2.24. The van der Waals surface area contributed by atoms with E-state index in [1.54, 1.807) is 4.90 Å². The number of thiazole rings is 1. The summed E-state index contributed by atoms with van der Waals surface area (Å²) < 4.78 is 0. The molecule has 100 valence electrons. The van der Waals surface area contributed by atoms with Crippen LogP contribution >= 0.6 is 11.3 Å². The van der Waals surface area contributed by atoms with E-state index in [0.717, 1.165) is 16.4 Å². The van der Waals surface area contributed by atoms with Gasteiger partial charge in [-0.3, -0.25) is 9.69 Å². The van der Waals surface area contributed by atoms with Crippen LogP contribution in [-0.2, 0) is 4.79 Å². The molecular weight excluding hydrogens is 268 g/mol. The van der Waals surface area contributed by atoms with Gasteiger partial charge in [0.1, 0.15) is 0 Å². The van der Waals surface area contributed by atoms with Crippen LogP contribution in [0.3, 0.4) is 0 Å². The summed E-state index contributed by atoms with van der Waals surface area (Å²) in [6.45, 7) is 2.64. The van der Waals surface area contributed by atoms with Crippen LogP contribution in [0.15, 0.2) is 29.6 Å². The number of nitrogens with zero attached hydrogens (tertiary/aromatic N) is 2. The number of anilines is 1. The van der Waals surface area contributed by atoms with Crippen LogP contribution in [0.2, 0.25) is 0 Å². The van der Waals surface area contributed by atoms with Crippen molar-refractivity contribution in [2.24, 2.45) is 5.92 Å². The minimum Gasteiger partial charge on any atom is -0.287 e. The lowest BCUT2D eigenvalue weighted by Gasteiger charge is -2.11. The topological polar surface area (TPSA) is 33.2 Å². The van der Waals surface area contributed by atoms with Gasteiger partial charge in [-0.25, -0.2) is 4.98 Å². The zero-order chi connectivity index (χ0) is 14.1. The maximum absolute atomic E-state index is 12.0. The summed E-state index contributed by atoms with van der Waals surface area (Å²) in [5.74, 6) is 2.73. The molecule has 0 spiro atoms. The monoisotopic (exact) mass is 282 g/mol. The molecule has 1 aliphatic heterocycles. The third-order valence-corrected chi connectivity index (χ3v) is 4.37. The molecular formula is C16H14N2OS. The first-order chi connectivity index (χ1) is 9.69. The van der Waals surface area contributed by atoms with Crippen molar-refractivity contribution < 1.29 is 4.79 Å². The molecule has 0 aliphatic carbocycles. The fraction of sp³-hybridized carbons (Fsp3) is 0.250.